The lowest BCUT2D eigenvalue weighted by Gasteiger charge is -2.26. The van der Waals surface area contributed by atoms with Gasteiger partial charge in [0.2, 0.25) is 0 Å². The van der Waals surface area contributed by atoms with E-state index in [1.807, 2.05) is 53.4 Å². The van der Waals surface area contributed by atoms with Crippen molar-refractivity contribution in [2.75, 3.05) is 34.5 Å². The molecule has 0 atom stereocenters. The summed E-state index contributed by atoms with van der Waals surface area (Å²) in [6.07, 6.45) is 0.831. The van der Waals surface area contributed by atoms with Crippen molar-refractivity contribution in [2.24, 2.45) is 0 Å². The summed E-state index contributed by atoms with van der Waals surface area (Å²) in [4.78, 5) is 17.8. The lowest BCUT2D eigenvalue weighted by Crippen LogP contribution is -2.40. The van der Waals surface area contributed by atoms with Crippen LogP contribution in [0, 0.1) is 0 Å². The third kappa shape index (κ3) is 5.99. The Morgan fingerprint density at radius 1 is 1.03 bits per heavy atom. The number of ether oxygens (including phenoxy) is 3. The molecule has 2 aromatic carbocycles. The fourth-order valence-corrected chi connectivity index (χ4v) is 3.67. The number of para-hydroxylation sites is 1. The quantitative estimate of drug-likeness (QED) is 0.358. The second-order valence-corrected chi connectivity index (χ2v) is 7.71. The van der Waals surface area contributed by atoms with E-state index in [0.717, 1.165) is 28.6 Å². The first-order chi connectivity index (χ1) is 15.5. The predicted molar refractivity (Wildman–Crippen MR) is 130 cm³/mol. The van der Waals surface area contributed by atoms with E-state index in [2.05, 4.69) is 10.3 Å². The topological polar surface area (TPSA) is 75.8 Å². The Bertz CT molecular complexity index is 1120. The minimum Gasteiger partial charge on any atom is -0.497 e. The molecule has 2 N–H and O–H groups in total. The van der Waals surface area contributed by atoms with Crippen LogP contribution in [-0.4, -0.2) is 49.5 Å². The normalized spacial score (nSPS) is 10.7. The zero-order valence-electron chi connectivity index (χ0n) is 18.6. The molecular weight excluding hydrogens is 426 g/mol. The largest absolute Gasteiger partial charge is 0.497 e. The average molecular weight is 456 g/mol. The Labute approximate surface area is 193 Å². The number of nitrogens with zero attached hydrogens (tertiary/aromatic N) is 1. The molecule has 3 aromatic rings. The van der Waals surface area contributed by atoms with Gasteiger partial charge in [0, 0.05) is 44.0 Å². The molecule has 1 aromatic heterocycles. The third-order valence-corrected chi connectivity index (χ3v) is 5.54. The Balaban J connectivity index is 1.87. The van der Waals surface area contributed by atoms with Crippen LogP contribution in [0.15, 0.2) is 53.3 Å². The number of aromatic nitrogens is 1. The summed E-state index contributed by atoms with van der Waals surface area (Å²) in [6.45, 7) is 2.19. The summed E-state index contributed by atoms with van der Waals surface area (Å²) in [5, 5.41) is 4.77. The predicted octanol–water partition coefficient (Wildman–Crippen LogP) is 3.46. The fraction of sp³-hybridized carbons (Fsp3) is 0.333. The molecule has 0 bridgehead atoms. The van der Waals surface area contributed by atoms with Gasteiger partial charge in [0.15, 0.2) is 5.11 Å². The van der Waals surface area contributed by atoms with Crippen LogP contribution in [-0.2, 0) is 17.8 Å². The molecule has 0 radical (unpaired) electrons. The fourth-order valence-electron chi connectivity index (χ4n) is 3.44. The van der Waals surface area contributed by atoms with Gasteiger partial charge in [-0.25, -0.2) is 0 Å². The molecular formula is C24H29N3O4S. The molecule has 0 aliphatic heterocycles. The highest BCUT2D eigenvalue weighted by Gasteiger charge is 2.16. The van der Waals surface area contributed by atoms with Crippen LogP contribution in [0.5, 0.6) is 11.5 Å². The SMILES string of the molecule is COCCCNC(=S)N(Cc1ccccc1OC)Cc1cc2ccc(OC)cc2[nH]c1=O. The van der Waals surface area contributed by atoms with E-state index in [1.54, 1.807) is 21.3 Å². The third-order valence-electron chi connectivity index (χ3n) is 5.13. The summed E-state index contributed by atoms with van der Waals surface area (Å²) in [5.74, 6) is 1.47. The van der Waals surface area contributed by atoms with Crippen LogP contribution < -0.4 is 20.3 Å². The van der Waals surface area contributed by atoms with Gasteiger partial charge >= 0.3 is 0 Å². The maximum Gasteiger partial charge on any atom is 0.253 e. The molecule has 3 rings (SSSR count). The molecule has 0 saturated heterocycles. The Hall–Kier alpha value is -3.10. The zero-order valence-corrected chi connectivity index (χ0v) is 19.5. The second-order valence-electron chi connectivity index (χ2n) is 7.32. The van der Waals surface area contributed by atoms with Crippen molar-refractivity contribution in [3.8, 4) is 11.5 Å². The Morgan fingerprint density at radius 2 is 1.81 bits per heavy atom. The lowest BCUT2D eigenvalue weighted by atomic mass is 10.1. The number of pyridine rings is 1. The molecule has 0 amide bonds. The number of hydrogen-bond acceptors (Lipinski definition) is 5. The van der Waals surface area contributed by atoms with Crippen molar-refractivity contribution in [1.29, 1.82) is 0 Å². The molecule has 32 heavy (non-hydrogen) atoms. The molecule has 170 valence electrons. The van der Waals surface area contributed by atoms with Gasteiger partial charge in [-0.2, -0.15) is 0 Å². The number of methoxy groups -OCH3 is 3. The molecule has 0 fully saturated rings. The van der Waals surface area contributed by atoms with E-state index in [9.17, 15) is 4.79 Å². The van der Waals surface area contributed by atoms with Crippen LogP contribution in [0.4, 0.5) is 0 Å². The molecule has 0 aliphatic carbocycles. The molecule has 1 heterocycles. The maximum atomic E-state index is 12.8. The van der Waals surface area contributed by atoms with Gasteiger partial charge in [0.25, 0.3) is 5.56 Å². The highest BCUT2D eigenvalue weighted by Crippen LogP contribution is 2.22. The number of fused-ring (bicyclic) bond motifs is 1. The van der Waals surface area contributed by atoms with E-state index < -0.39 is 0 Å². The van der Waals surface area contributed by atoms with Crippen LogP contribution in [0.3, 0.4) is 0 Å². The molecule has 0 unspecified atom stereocenters. The van der Waals surface area contributed by atoms with Gasteiger partial charge in [0.05, 0.1) is 26.3 Å². The van der Waals surface area contributed by atoms with Crippen molar-refractivity contribution in [3.63, 3.8) is 0 Å². The van der Waals surface area contributed by atoms with Crippen molar-refractivity contribution >= 4 is 28.2 Å². The minimum atomic E-state index is -0.155. The first-order valence-electron chi connectivity index (χ1n) is 10.4. The van der Waals surface area contributed by atoms with Gasteiger partial charge in [-0.1, -0.05) is 18.2 Å². The van der Waals surface area contributed by atoms with Crippen molar-refractivity contribution in [3.05, 3.63) is 70.0 Å². The van der Waals surface area contributed by atoms with Gasteiger partial charge < -0.3 is 29.4 Å². The molecule has 0 spiro atoms. The molecule has 0 saturated carbocycles. The lowest BCUT2D eigenvalue weighted by molar-refractivity contribution is 0.195. The van der Waals surface area contributed by atoms with Crippen molar-refractivity contribution in [2.45, 2.75) is 19.5 Å². The summed E-state index contributed by atoms with van der Waals surface area (Å²) < 4.78 is 15.9. The molecule has 0 aliphatic rings. The van der Waals surface area contributed by atoms with Crippen molar-refractivity contribution in [1.82, 2.24) is 15.2 Å². The summed E-state index contributed by atoms with van der Waals surface area (Å²) >= 11 is 5.68. The maximum absolute atomic E-state index is 12.8. The van der Waals surface area contributed by atoms with E-state index in [4.69, 9.17) is 26.4 Å². The number of aromatic amines is 1. The monoisotopic (exact) mass is 455 g/mol. The summed E-state index contributed by atoms with van der Waals surface area (Å²) in [6, 6.07) is 15.3. The average Bonchev–Trinajstić information content (AvgIpc) is 2.81. The van der Waals surface area contributed by atoms with Crippen molar-refractivity contribution < 1.29 is 14.2 Å². The van der Waals surface area contributed by atoms with Gasteiger partial charge in [-0.3, -0.25) is 4.79 Å². The molecule has 8 heteroatoms. The van der Waals surface area contributed by atoms with Crippen LogP contribution >= 0.6 is 12.2 Å². The first-order valence-corrected chi connectivity index (χ1v) is 10.8. The Morgan fingerprint density at radius 3 is 2.56 bits per heavy atom. The highest BCUT2D eigenvalue weighted by atomic mass is 32.1. The number of benzene rings is 2. The number of thiocarbonyl (C=S) groups is 1. The van der Waals surface area contributed by atoms with E-state index in [1.165, 1.54) is 0 Å². The van der Waals surface area contributed by atoms with E-state index >= 15 is 0 Å². The van der Waals surface area contributed by atoms with Crippen LogP contribution in [0.25, 0.3) is 10.9 Å². The highest BCUT2D eigenvalue weighted by molar-refractivity contribution is 7.80. The van der Waals surface area contributed by atoms with Crippen LogP contribution in [0.2, 0.25) is 0 Å². The number of hydrogen-bond donors (Lipinski definition) is 2. The smallest absolute Gasteiger partial charge is 0.253 e. The van der Waals surface area contributed by atoms with Crippen LogP contribution in [0.1, 0.15) is 17.5 Å². The second kappa shape index (κ2) is 11.5. The number of nitrogens with one attached hydrogen (secondary N) is 2. The number of H-pyrrole nitrogens is 1. The Kier molecular flexibility index (Phi) is 8.47. The number of rotatable bonds is 10. The summed E-state index contributed by atoms with van der Waals surface area (Å²) in [7, 11) is 4.92. The van der Waals surface area contributed by atoms with E-state index in [0.29, 0.717) is 42.7 Å². The van der Waals surface area contributed by atoms with Gasteiger partial charge in [-0.05, 0) is 48.3 Å². The molecule has 7 nitrogen and oxygen atoms in total. The minimum absolute atomic E-state index is 0.155. The van der Waals surface area contributed by atoms with Gasteiger partial charge in [0.1, 0.15) is 11.5 Å². The first kappa shape index (κ1) is 23.6. The van der Waals surface area contributed by atoms with Gasteiger partial charge in [-0.15, -0.1) is 0 Å². The zero-order chi connectivity index (χ0) is 22.9. The van der Waals surface area contributed by atoms with E-state index in [-0.39, 0.29) is 5.56 Å². The standard InChI is InChI=1S/C24H29N3O4S/c1-29-12-6-11-25-24(32)27(15-18-7-4-5-8-22(18)31-3)16-19-13-17-9-10-20(30-2)14-21(17)26-23(19)28/h4-5,7-10,13-14H,6,11-12,15-16H2,1-3H3,(H,25,32)(H,26,28). The summed E-state index contributed by atoms with van der Waals surface area (Å²) in [5.41, 5.74) is 2.18.